The molecule has 2 aromatic heterocycles. The minimum atomic E-state index is 0.397. The van der Waals surface area contributed by atoms with Gasteiger partial charge in [0.25, 0.3) is 0 Å². The van der Waals surface area contributed by atoms with Crippen LogP contribution >= 0.6 is 11.3 Å². The zero-order chi connectivity index (χ0) is 16.9. The lowest BCUT2D eigenvalue weighted by Crippen LogP contribution is -2.45. The Morgan fingerprint density at radius 1 is 1.50 bits per heavy atom. The molecular formula is C18H27N5S. The Kier molecular flexibility index (Phi) is 5.56. The van der Waals surface area contributed by atoms with Crippen LogP contribution in [0.3, 0.4) is 0 Å². The van der Waals surface area contributed by atoms with Crippen molar-refractivity contribution >= 4 is 17.3 Å². The molecule has 2 N–H and O–H groups in total. The summed E-state index contributed by atoms with van der Waals surface area (Å²) >= 11 is 1.72. The zero-order valence-electron chi connectivity index (χ0n) is 14.7. The van der Waals surface area contributed by atoms with Crippen LogP contribution in [0.2, 0.25) is 0 Å². The van der Waals surface area contributed by atoms with Gasteiger partial charge in [-0.05, 0) is 61.6 Å². The van der Waals surface area contributed by atoms with Gasteiger partial charge >= 0.3 is 0 Å². The minimum Gasteiger partial charge on any atom is -0.357 e. The molecule has 5 nitrogen and oxygen atoms in total. The van der Waals surface area contributed by atoms with Crippen molar-refractivity contribution in [2.24, 2.45) is 4.99 Å². The zero-order valence-corrected chi connectivity index (χ0v) is 15.6. The van der Waals surface area contributed by atoms with Crippen LogP contribution in [0.15, 0.2) is 28.0 Å². The van der Waals surface area contributed by atoms with Crippen molar-refractivity contribution in [3.63, 3.8) is 0 Å². The molecule has 0 radical (unpaired) electrons. The Bertz CT molecular complexity index is 672. The van der Waals surface area contributed by atoms with Crippen LogP contribution in [0.25, 0.3) is 0 Å². The molecule has 0 bridgehead atoms. The topological polar surface area (TPSA) is 54.2 Å². The molecule has 2 aromatic rings. The maximum absolute atomic E-state index is 4.76. The first-order valence-electron chi connectivity index (χ1n) is 8.78. The maximum Gasteiger partial charge on any atom is 0.191 e. The van der Waals surface area contributed by atoms with Gasteiger partial charge in [0.05, 0.1) is 12.2 Å². The summed E-state index contributed by atoms with van der Waals surface area (Å²) in [6.45, 7) is 8.04. The van der Waals surface area contributed by atoms with Crippen LogP contribution in [0.1, 0.15) is 50.1 Å². The van der Waals surface area contributed by atoms with Crippen LogP contribution in [0, 0.1) is 0 Å². The highest BCUT2D eigenvalue weighted by atomic mass is 32.1. The summed E-state index contributed by atoms with van der Waals surface area (Å²) in [6, 6.07) is 2.95. The number of hydrogen-bond donors (Lipinski definition) is 2. The van der Waals surface area contributed by atoms with E-state index in [1.54, 1.807) is 11.3 Å². The third-order valence-electron chi connectivity index (χ3n) is 4.31. The second kappa shape index (κ2) is 7.83. The number of aromatic nitrogens is 2. The molecule has 0 saturated carbocycles. The molecule has 0 amide bonds. The maximum atomic E-state index is 4.76. The number of hydrogen-bond acceptors (Lipinski definition) is 3. The highest BCUT2D eigenvalue weighted by Crippen LogP contribution is 2.21. The molecule has 1 aliphatic rings. The number of guanidine groups is 1. The van der Waals surface area contributed by atoms with Gasteiger partial charge < -0.3 is 10.6 Å². The minimum absolute atomic E-state index is 0.397. The molecule has 1 unspecified atom stereocenters. The second-order valence-corrected chi connectivity index (χ2v) is 7.37. The van der Waals surface area contributed by atoms with Gasteiger partial charge in [0.1, 0.15) is 0 Å². The summed E-state index contributed by atoms with van der Waals surface area (Å²) in [6.07, 6.45) is 5.40. The standard InChI is InChI=1S/C18H27N5S/c1-4-19-18(20-10-14-7-8-24-12-14)21-16-6-5-15-11-23(13(2)3)22-17(15)9-16/h7-8,11-13,16H,4-6,9-10H2,1-3H3,(H2,19,20,21). The Morgan fingerprint density at radius 3 is 3.08 bits per heavy atom. The fourth-order valence-corrected chi connectivity index (χ4v) is 3.63. The summed E-state index contributed by atoms with van der Waals surface area (Å²) in [7, 11) is 0. The van der Waals surface area contributed by atoms with Crippen molar-refractivity contribution < 1.29 is 0 Å². The monoisotopic (exact) mass is 345 g/mol. The smallest absolute Gasteiger partial charge is 0.191 e. The molecule has 6 heteroatoms. The van der Waals surface area contributed by atoms with Crippen molar-refractivity contribution in [2.45, 2.75) is 58.7 Å². The summed E-state index contributed by atoms with van der Waals surface area (Å²) < 4.78 is 2.09. The molecular weight excluding hydrogens is 318 g/mol. The van der Waals surface area contributed by atoms with Gasteiger partial charge in [-0.1, -0.05) is 0 Å². The predicted molar refractivity (Wildman–Crippen MR) is 101 cm³/mol. The van der Waals surface area contributed by atoms with E-state index in [-0.39, 0.29) is 0 Å². The third kappa shape index (κ3) is 4.17. The molecule has 0 spiro atoms. The van der Waals surface area contributed by atoms with Crippen LogP contribution in [0.4, 0.5) is 0 Å². The highest BCUT2D eigenvalue weighted by Gasteiger charge is 2.22. The van der Waals surface area contributed by atoms with E-state index < -0.39 is 0 Å². The van der Waals surface area contributed by atoms with Gasteiger partial charge in [0, 0.05) is 31.2 Å². The first-order chi connectivity index (χ1) is 11.7. The van der Waals surface area contributed by atoms with Gasteiger partial charge in [-0.25, -0.2) is 4.99 Å². The molecule has 0 aliphatic heterocycles. The van der Waals surface area contributed by atoms with E-state index in [0.717, 1.165) is 38.3 Å². The number of nitrogens with one attached hydrogen (secondary N) is 2. The first kappa shape index (κ1) is 17.0. The second-order valence-electron chi connectivity index (χ2n) is 6.59. The number of rotatable bonds is 5. The van der Waals surface area contributed by atoms with Crippen molar-refractivity contribution in [1.82, 2.24) is 20.4 Å². The number of aryl methyl sites for hydroxylation is 1. The normalized spacial score (nSPS) is 17.8. The van der Waals surface area contributed by atoms with Gasteiger partial charge in [0.15, 0.2) is 5.96 Å². The summed E-state index contributed by atoms with van der Waals surface area (Å²) in [5.74, 6) is 0.903. The van der Waals surface area contributed by atoms with E-state index in [1.165, 1.54) is 16.8 Å². The van der Waals surface area contributed by atoms with Crippen molar-refractivity contribution in [2.75, 3.05) is 6.54 Å². The van der Waals surface area contributed by atoms with E-state index in [9.17, 15) is 0 Å². The Labute approximate surface area is 148 Å². The molecule has 3 rings (SSSR count). The highest BCUT2D eigenvalue weighted by molar-refractivity contribution is 7.07. The van der Waals surface area contributed by atoms with E-state index in [4.69, 9.17) is 10.1 Å². The molecule has 1 atom stereocenters. The molecule has 24 heavy (non-hydrogen) atoms. The lowest BCUT2D eigenvalue weighted by Gasteiger charge is -2.24. The number of fused-ring (bicyclic) bond motifs is 1. The van der Waals surface area contributed by atoms with Crippen molar-refractivity contribution in [3.05, 3.63) is 39.8 Å². The van der Waals surface area contributed by atoms with E-state index in [1.807, 2.05) is 0 Å². The fraction of sp³-hybridized carbons (Fsp3) is 0.556. The quantitative estimate of drug-likeness (QED) is 0.646. The SMILES string of the molecule is CCNC(=NCc1ccsc1)NC1CCc2cn(C(C)C)nc2C1. The van der Waals surface area contributed by atoms with Crippen LogP contribution < -0.4 is 10.6 Å². The third-order valence-corrected chi connectivity index (χ3v) is 5.04. The van der Waals surface area contributed by atoms with E-state index in [0.29, 0.717) is 12.1 Å². The first-order valence-corrected chi connectivity index (χ1v) is 9.72. The molecule has 1 aliphatic carbocycles. The average molecular weight is 346 g/mol. The van der Waals surface area contributed by atoms with Crippen molar-refractivity contribution in [1.29, 1.82) is 0 Å². The Balaban J connectivity index is 1.63. The predicted octanol–water partition coefficient (Wildman–Crippen LogP) is 3.14. The molecule has 130 valence electrons. The van der Waals surface area contributed by atoms with Crippen molar-refractivity contribution in [3.8, 4) is 0 Å². The molecule has 0 saturated heterocycles. The largest absolute Gasteiger partial charge is 0.357 e. The van der Waals surface area contributed by atoms with Crippen LogP contribution in [-0.4, -0.2) is 28.3 Å². The molecule has 0 fully saturated rings. The van der Waals surface area contributed by atoms with Gasteiger partial charge in [-0.15, -0.1) is 0 Å². The average Bonchev–Trinajstić information content (AvgIpc) is 3.21. The van der Waals surface area contributed by atoms with Crippen LogP contribution in [-0.2, 0) is 19.4 Å². The number of thiophene rings is 1. The van der Waals surface area contributed by atoms with Gasteiger partial charge in [-0.3, -0.25) is 4.68 Å². The Hall–Kier alpha value is -1.82. The fourth-order valence-electron chi connectivity index (χ4n) is 2.97. The van der Waals surface area contributed by atoms with E-state index >= 15 is 0 Å². The van der Waals surface area contributed by atoms with Crippen LogP contribution in [0.5, 0.6) is 0 Å². The number of nitrogens with zero attached hydrogens (tertiary/aromatic N) is 3. The lowest BCUT2D eigenvalue weighted by atomic mass is 9.94. The molecule has 2 heterocycles. The lowest BCUT2D eigenvalue weighted by molar-refractivity contribution is 0.499. The Morgan fingerprint density at radius 2 is 2.38 bits per heavy atom. The number of aliphatic imine (C=N–C) groups is 1. The van der Waals surface area contributed by atoms with E-state index in [2.05, 4.69) is 59.1 Å². The molecule has 0 aromatic carbocycles. The summed E-state index contributed by atoms with van der Waals surface area (Å²) in [5, 5.41) is 16.0. The van der Waals surface area contributed by atoms with Gasteiger partial charge in [-0.2, -0.15) is 16.4 Å². The van der Waals surface area contributed by atoms with Gasteiger partial charge in [0.2, 0.25) is 0 Å². The summed E-state index contributed by atoms with van der Waals surface area (Å²) in [4.78, 5) is 4.71. The summed E-state index contributed by atoms with van der Waals surface area (Å²) in [5.41, 5.74) is 3.90.